The molecule has 5 rings (SSSR count). The summed E-state index contributed by atoms with van der Waals surface area (Å²) in [5, 5.41) is 13.5. The minimum Gasteiger partial charge on any atom is -0.402 e. The largest absolute Gasteiger partial charge is 0.417 e. The highest BCUT2D eigenvalue weighted by atomic mass is 19.4. The first-order valence-electron chi connectivity index (χ1n) is 11.7. The molecular weight excluding hydrogens is 513 g/mol. The van der Waals surface area contributed by atoms with Crippen LogP contribution in [0.25, 0.3) is 17.7 Å². The molecule has 198 valence electrons. The first kappa shape index (κ1) is 25.8. The molecule has 39 heavy (non-hydrogen) atoms. The number of carbonyl (C=O) groups is 1. The first-order valence-corrected chi connectivity index (χ1v) is 11.7. The number of anilines is 2. The van der Waals surface area contributed by atoms with E-state index in [0.29, 0.717) is 17.6 Å². The number of alkyl halides is 3. The molecular formula is C27H21F3N6O3. The fourth-order valence-electron chi connectivity index (χ4n) is 3.89. The van der Waals surface area contributed by atoms with Gasteiger partial charge in [-0.3, -0.25) is 4.79 Å². The molecule has 2 aromatic carbocycles. The third-order valence-corrected chi connectivity index (χ3v) is 5.69. The van der Waals surface area contributed by atoms with Gasteiger partial charge in [0.1, 0.15) is 5.69 Å². The average Bonchev–Trinajstić information content (AvgIpc) is 3.34. The van der Waals surface area contributed by atoms with E-state index >= 15 is 0 Å². The van der Waals surface area contributed by atoms with Crippen LogP contribution in [0.4, 0.5) is 24.9 Å². The summed E-state index contributed by atoms with van der Waals surface area (Å²) in [5.41, 5.74) is 1.87. The van der Waals surface area contributed by atoms with Crippen LogP contribution in [-0.4, -0.2) is 46.7 Å². The minimum atomic E-state index is -4.59. The van der Waals surface area contributed by atoms with Gasteiger partial charge in [0.05, 0.1) is 23.6 Å². The molecule has 2 N–H and O–H groups in total. The quantitative estimate of drug-likeness (QED) is 0.342. The highest BCUT2D eigenvalue weighted by molar-refractivity contribution is 6.19. The number of fused-ring (bicyclic) bond motifs is 1. The van der Waals surface area contributed by atoms with Crippen LogP contribution >= 0.6 is 0 Å². The second-order valence-corrected chi connectivity index (χ2v) is 8.36. The number of aromatic nitrogens is 3. The number of benzodiazepines with no additional fused rings is 1. The average molecular weight is 534 g/mol. The van der Waals surface area contributed by atoms with Crippen molar-refractivity contribution in [2.75, 3.05) is 24.4 Å². The van der Waals surface area contributed by atoms with E-state index in [0.717, 1.165) is 17.2 Å². The van der Waals surface area contributed by atoms with Gasteiger partial charge in [-0.1, -0.05) is 65.8 Å². The summed E-state index contributed by atoms with van der Waals surface area (Å²) in [6.07, 6.45) is -2.10. The molecule has 9 nitrogen and oxygen atoms in total. The van der Waals surface area contributed by atoms with Crippen molar-refractivity contribution in [3.8, 4) is 11.6 Å². The van der Waals surface area contributed by atoms with E-state index < -0.39 is 23.8 Å². The number of ether oxygens (including phenoxy) is 1. The maximum atomic E-state index is 13.3. The smallest absolute Gasteiger partial charge is 0.402 e. The molecule has 3 heterocycles. The van der Waals surface area contributed by atoms with Gasteiger partial charge in [0, 0.05) is 30.0 Å². The van der Waals surface area contributed by atoms with Crippen molar-refractivity contribution in [2.45, 2.75) is 12.3 Å². The molecule has 1 aliphatic heterocycles. The van der Waals surface area contributed by atoms with Gasteiger partial charge in [0.15, 0.2) is 0 Å². The van der Waals surface area contributed by atoms with Crippen molar-refractivity contribution in [3.63, 3.8) is 0 Å². The number of aliphatic imine (C=N–C) groups is 1. The van der Waals surface area contributed by atoms with Gasteiger partial charge in [0.25, 0.3) is 11.8 Å². The van der Waals surface area contributed by atoms with Crippen LogP contribution in [0.2, 0.25) is 0 Å². The number of benzene rings is 2. The molecule has 2 aromatic heterocycles. The molecule has 1 aliphatic rings. The van der Waals surface area contributed by atoms with Crippen LogP contribution in [0.1, 0.15) is 22.3 Å². The zero-order valence-electron chi connectivity index (χ0n) is 20.4. The lowest BCUT2D eigenvalue weighted by Crippen LogP contribution is -2.32. The lowest BCUT2D eigenvalue weighted by Gasteiger charge is -2.11. The number of para-hydroxylation sites is 1. The predicted molar refractivity (Wildman–Crippen MR) is 138 cm³/mol. The Hall–Kier alpha value is -4.84. The fraction of sp³-hybridized carbons (Fsp3) is 0.148. The van der Waals surface area contributed by atoms with E-state index in [2.05, 4.69) is 30.8 Å². The number of carbonyl (C=O) groups excluding carboxylic acids is 1. The van der Waals surface area contributed by atoms with E-state index in [4.69, 9.17) is 9.15 Å². The molecule has 0 bridgehead atoms. The Morgan fingerprint density at radius 2 is 1.87 bits per heavy atom. The molecule has 0 radical (unpaired) electrons. The zero-order chi connectivity index (χ0) is 27.4. The molecule has 1 atom stereocenters. The van der Waals surface area contributed by atoms with Gasteiger partial charge in [-0.05, 0) is 12.1 Å². The maximum absolute atomic E-state index is 13.3. The molecule has 0 saturated heterocycles. The van der Waals surface area contributed by atoms with Gasteiger partial charge in [-0.15, -0.1) is 5.10 Å². The summed E-state index contributed by atoms with van der Waals surface area (Å²) < 4.78 is 50.4. The zero-order valence-corrected chi connectivity index (χ0v) is 20.4. The second-order valence-electron chi connectivity index (χ2n) is 8.36. The van der Waals surface area contributed by atoms with Crippen molar-refractivity contribution in [2.24, 2.45) is 4.99 Å². The van der Waals surface area contributed by atoms with Crippen molar-refractivity contribution in [3.05, 3.63) is 95.2 Å². The van der Waals surface area contributed by atoms with Crippen LogP contribution in [0, 0.1) is 0 Å². The molecule has 4 aromatic rings. The number of amides is 1. The number of pyridine rings is 1. The van der Waals surface area contributed by atoms with E-state index in [1.54, 1.807) is 12.1 Å². The highest BCUT2D eigenvalue weighted by Gasteiger charge is 2.32. The van der Waals surface area contributed by atoms with Crippen molar-refractivity contribution < 1.29 is 27.1 Å². The number of nitrogens with one attached hydrogen (secondary N) is 2. The monoisotopic (exact) mass is 534 g/mol. The summed E-state index contributed by atoms with van der Waals surface area (Å²) >= 11 is 0. The third kappa shape index (κ3) is 5.70. The standard InChI is InChI=1S/C27H21F3N6O3/c1-38-13-7-10-17-14-18(27(28,29)30)15-31-22(17)25-35-36-26(39-25)34-23-24(37)32-20-12-6-5-11-19(20)21(33-23)16-8-3-2-4-9-16/h2-12,14-15,23H,13H2,1H3,(H,32,37)(H,34,36)/b10-7+. The Balaban J connectivity index is 1.48. The van der Waals surface area contributed by atoms with E-state index in [1.165, 1.54) is 19.3 Å². The minimum absolute atomic E-state index is 0.0297. The summed E-state index contributed by atoms with van der Waals surface area (Å²) in [6, 6.07) is 17.4. The van der Waals surface area contributed by atoms with Crippen molar-refractivity contribution in [1.82, 2.24) is 15.2 Å². The molecule has 1 unspecified atom stereocenters. The number of nitrogens with zero attached hydrogens (tertiary/aromatic N) is 4. The molecule has 12 heteroatoms. The van der Waals surface area contributed by atoms with E-state index in [-0.39, 0.29) is 29.8 Å². The van der Waals surface area contributed by atoms with Gasteiger partial charge >= 0.3 is 12.2 Å². The van der Waals surface area contributed by atoms with Crippen LogP contribution in [0.15, 0.2) is 82.3 Å². The lowest BCUT2D eigenvalue weighted by atomic mass is 10.0. The van der Waals surface area contributed by atoms with Crippen LogP contribution in [-0.2, 0) is 15.7 Å². The third-order valence-electron chi connectivity index (χ3n) is 5.69. The van der Waals surface area contributed by atoms with E-state index in [9.17, 15) is 18.0 Å². The molecule has 0 fully saturated rings. The normalized spacial score (nSPS) is 15.4. The van der Waals surface area contributed by atoms with Gasteiger partial charge in [-0.2, -0.15) is 13.2 Å². The second kappa shape index (κ2) is 10.9. The summed E-state index contributed by atoms with van der Waals surface area (Å²) in [6.45, 7) is 0.174. The van der Waals surface area contributed by atoms with Crippen LogP contribution in [0.3, 0.4) is 0 Å². The highest BCUT2D eigenvalue weighted by Crippen LogP contribution is 2.33. The fourth-order valence-corrected chi connectivity index (χ4v) is 3.89. The van der Waals surface area contributed by atoms with Gasteiger partial charge in [0.2, 0.25) is 6.17 Å². The first-order chi connectivity index (χ1) is 18.8. The topological polar surface area (TPSA) is 115 Å². The molecule has 0 aliphatic carbocycles. The number of hydrogen-bond donors (Lipinski definition) is 2. The lowest BCUT2D eigenvalue weighted by molar-refractivity contribution is -0.137. The predicted octanol–water partition coefficient (Wildman–Crippen LogP) is 5.04. The van der Waals surface area contributed by atoms with Crippen LogP contribution < -0.4 is 10.6 Å². The molecule has 0 spiro atoms. The number of rotatable bonds is 7. The Kier molecular flexibility index (Phi) is 7.19. The van der Waals surface area contributed by atoms with Gasteiger partial charge < -0.3 is 19.8 Å². The number of hydrogen-bond acceptors (Lipinski definition) is 8. The molecule has 1 amide bonds. The summed E-state index contributed by atoms with van der Waals surface area (Å²) in [7, 11) is 1.46. The molecule has 0 saturated carbocycles. The Bertz CT molecular complexity index is 1550. The maximum Gasteiger partial charge on any atom is 0.417 e. The Labute approximate surface area is 220 Å². The SMILES string of the molecule is COC/C=C/c1cc(C(F)(F)F)cnc1-c1nnc(NC2N=C(c3ccccc3)c3ccccc3NC2=O)o1. The van der Waals surface area contributed by atoms with E-state index in [1.807, 2.05) is 42.5 Å². The van der Waals surface area contributed by atoms with Crippen LogP contribution in [0.5, 0.6) is 0 Å². The number of halogens is 3. The van der Waals surface area contributed by atoms with Gasteiger partial charge in [-0.25, -0.2) is 9.98 Å². The van der Waals surface area contributed by atoms with Crippen molar-refractivity contribution >= 4 is 29.4 Å². The number of methoxy groups -OCH3 is 1. The summed E-state index contributed by atoms with van der Waals surface area (Å²) in [5.74, 6) is -0.614. The Morgan fingerprint density at radius 3 is 2.64 bits per heavy atom. The Morgan fingerprint density at radius 1 is 1.10 bits per heavy atom. The summed E-state index contributed by atoms with van der Waals surface area (Å²) in [4.78, 5) is 21.6. The van der Waals surface area contributed by atoms with Crippen molar-refractivity contribution in [1.29, 1.82) is 0 Å².